The van der Waals surface area contributed by atoms with Crippen LogP contribution >= 0.6 is 0 Å². The molecule has 0 bridgehead atoms. The van der Waals surface area contributed by atoms with Crippen molar-refractivity contribution < 1.29 is 9.84 Å². The first-order valence-electron chi connectivity index (χ1n) is 11.1. The van der Waals surface area contributed by atoms with Gasteiger partial charge in [0.15, 0.2) is 0 Å². The Morgan fingerprint density at radius 2 is 2.03 bits per heavy atom. The number of nitrogens with zero attached hydrogens (tertiary/aromatic N) is 2. The number of likely N-dealkylation sites (tertiary alicyclic amines) is 1. The molecular weight excluding hydrogens is 404 g/mol. The molecule has 8 heteroatoms. The Morgan fingerprint density at radius 1 is 1.22 bits per heavy atom. The number of rotatable bonds is 7. The van der Waals surface area contributed by atoms with Gasteiger partial charge >= 0.3 is 0 Å². The van der Waals surface area contributed by atoms with Crippen LogP contribution in [0.1, 0.15) is 36.8 Å². The average molecular weight is 437 g/mol. The van der Waals surface area contributed by atoms with Crippen LogP contribution in [0.25, 0.3) is 5.57 Å². The predicted molar refractivity (Wildman–Crippen MR) is 127 cm³/mol. The van der Waals surface area contributed by atoms with E-state index in [1.807, 2.05) is 12.1 Å². The first kappa shape index (κ1) is 22.0. The van der Waals surface area contributed by atoms with Crippen molar-refractivity contribution in [2.24, 2.45) is 0 Å². The van der Waals surface area contributed by atoms with Crippen molar-refractivity contribution in [3.8, 4) is 5.75 Å². The molecule has 8 nitrogen and oxygen atoms in total. The Kier molecular flexibility index (Phi) is 6.50. The molecule has 0 radical (unpaired) electrons. The van der Waals surface area contributed by atoms with E-state index in [0.717, 1.165) is 30.6 Å². The maximum Gasteiger partial charge on any atom is 0.205 e. The van der Waals surface area contributed by atoms with Gasteiger partial charge in [-0.05, 0) is 56.2 Å². The normalized spacial score (nSPS) is 21.0. The molecule has 0 amide bonds. The zero-order valence-corrected chi connectivity index (χ0v) is 18.7. The number of hydrogen-bond donors (Lipinski definition) is 5. The number of hydrogen-bond acceptors (Lipinski definition) is 7. The van der Waals surface area contributed by atoms with Gasteiger partial charge in [-0.15, -0.1) is 0 Å². The van der Waals surface area contributed by atoms with E-state index in [1.54, 1.807) is 37.6 Å². The van der Waals surface area contributed by atoms with Gasteiger partial charge in [0.05, 0.1) is 12.8 Å². The van der Waals surface area contributed by atoms with Gasteiger partial charge in [0.1, 0.15) is 11.6 Å². The molecule has 32 heavy (non-hydrogen) atoms. The van der Waals surface area contributed by atoms with Crippen LogP contribution in [0.4, 0.5) is 0 Å². The zero-order chi connectivity index (χ0) is 22.7. The summed E-state index contributed by atoms with van der Waals surface area (Å²) < 4.78 is 5.19. The standard InChI is InChI=1S/C24H32N6O2/c1-29(18-4-3-5-18)19-10-11-30(15-19)23(26)9-8-21(25)20-7-6-16(12-22(20)31)17-13-24(32-2)28-27-14-17/h6-9,12-14,18-19,25-28,31H,3-5,10-11,15H2,1-2H3/b9-8-,25-21?,26-23?. The number of aromatic hydroxyl groups is 1. The highest BCUT2D eigenvalue weighted by molar-refractivity contribution is 6.11. The van der Waals surface area contributed by atoms with Crippen LogP contribution < -0.4 is 10.9 Å². The van der Waals surface area contributed by atoms with Crippen molar-refractivity contribution in [3.63, 3.8) is 0 Å². The minimum absolute atomic E-state index is 0.0267. The molecule has 1 aliphatic carbocycles. The Morgan fingerprint density at radius 3 is 2.72 bits per heavy atom. The van der Waals surface area contributed by atoms with Gasteiger partial charge in [0.25, 0.3) is 0 Å². The molecule has 1 atom stereocenters. The summed E-state index contributed by atoms with van der Waals surface area (Å²) in [5, 5.41) is 27.3. The van der Waals surface area contributed by atoms with Crippen LogP contribution in [0.5, 0.6) is 5.75 Å². The van der Waals surface area contributed by atoms with Crippen LogP contribution in [0.15, 0.2) is 48.5 Å². The molecule has 3 aliphatic rings. The summed E-state index contributed by atoms with van der Waals surface area (Å²) in [7, 11) is 3.78. The molecular formula is C24H32N6O2. The quantitative estimate of drug-likeness (QED) is 0.332. The Hall–Kier alpha value is -3.26. The number of nitrogens with one attached hydrogen (secondary N) is 4. The van der Waals surface area contributed by atoms with Gasteiger partial charge in [0.2, 0.25) is 5.88 Å². The summed E-state index contributed by atoms with van der Waals surface area (Å²) in [6, 6.07) is 6.41. The molecule has 2 fully saturated rings. The lowest BCUT2D eigenvalue weighted by atomic mass is 9.91. The molecule has 5 N–H and O–H groups in total. The summed E-state index contributed by atoms with van der Waals surface area (Å²) >= 11 is 0. The highest BCUT2D eigenvalue weighted by atomic mass is 16.5. The molecule has 170 valence electrons. The second-order valence-corrected chi connectivity index (χ2v) is 8.58. The first-order valence-corrected chi connectivity index (χ1v) is 11.1. The van der Waals surface area contributed by atoms with Crippen molar-refractivity contribution in [3.05, 3.63) is 59.6 Å². The minimum Gasteiger partial charge on any atom is -0.507 e. The minimum atomic E-state index is 0.0267. The van der Waals surface area contributed by atoms with Gasteiger partial charge in [-0.2, -0.15) is 0 Å². The van der Waals surface area contributed by atoms with E-state index < -0.39 is 0 Å². The molecule has 0 spiro atoms. The SMILES string of the molecule is COC1=CC(c2ccc(C(=N)/C=C\C(=N)N3CCC(N(C)C4CCC4)C3)c(O)c2)=CNN1. The molecule has 1 unspecified atom stereocenters. The van der Waals surface area contributed by atoms with Crippen LogP contribution in [0.2, 0.25) is 0 Å². The third-order valence-electron chi connectivity index (χ3n) is 6.69. The van der Waals surface area contributed by atoms with Gasteiger partial charge in [-0.1, -0.05) is 12.5 Å². The van der Waals surface area contributed by atoms with Crippen LogP contribution in [0.3, 0.4) is 0 Å². The van der Waals surface area contributed by atoms with Gasteiger partial charge in [0, 0.05) is 48.6 Å². The van der Waals surface area contributed by atoms with E-state index >= 15 is 0 Å². The molecule has 1 saturated carbocycles. The van der Waals surface area contributed by atoms with Crippen molar-refractivity contribution >= 4 is 17.1 Å². The highest BCUT2D eigenvalue weighted by Crippen LogP contribution is 2.28. The van der Waals surface area contributed by atoms with Crippen LogP contribution in [-0.2, 0) is 4.74 Å². The lowest BCUT2D eigenvalue weighted by Crippen LogP contribution is -2.45. The number of amidine groups is 1. The zero-order valence-electron chi connectivity index (χ0n) is 18.7. The second-order valence-electron chi connectivity index (χ2n) is 8.58. The molecule has 2 heterocycles. The average Bonchev–Trinajstić information content (AvgIpc) is 3.26. The third kappa shape index (κ3) is 4.65. The van der Waals surface area contributed by atoms with Crippen molar-refractivity contribution in [2.75, 3.05) is 27.2 Å². The van der Waals surface area contributed by atoms with E-state index in [9.17, 15) is 5.11 Å². The van der Waals surface area contributed by atoms with Crippen molar-refractivity contribution in [2.45, 2.75) is 37.8 Å². The van der Waals surface area contributed by atoms with Crippen molar-refractivity contribution in [1.82, 2.24) is 20.7 Å². The summed E-state index contributed by atoms with van der Waals surface area (Å²) in [5.74, 6) is 1.01. The van der Waals surface area contributed by atoms with Gasteiger partial charge in [-0.3, -0.25) is 15.7 Å². The predicted octanol–water partition coefficient (Wildman–Crippen LogP) is 2.79. The Balaban J connectivity index is 1.36. The molecule has 0 aromatic heterocycles. The number of likely N-dealkylation sites (N-methyl/N-ethyl adjacent to an activating group) is 1. The number of hydrazine groups is 1. The lowest BCUT2D eigenvalue weighted by Gasteiger charge is -2.38. The fourth-order valence-electron chi connectivity index (χ4n) is 4.36. The number of phenolic OH excluding ortho intramolecular Hbond substituents is 1. The molecule has 2 aliphatic heterocycles. The van der Waals surface area contributed by atoms with Crippen LogP contribution in [-0.4, -0.2) is 65.8 Å². The molecule has 4 rings (SSSR count). The summed E-state index contributed by atoms with van der Waals surface area (Å²) in [6.07, 6.45) is 11.8. The highest BCUT2D eigenvalue weighted by Gasteiger charge is 2.32. The lowest BCUT2D eigenvalue weighted by molar-refractivity contribution is 0.115. The summed E-state index contributed by atoms with van der Waals surface area (Å²) in [6.45, 7) is 1.73. The molecule has 1 aromatic rings. The summed E-state index contributed by atoms with van der Waals surface area (Å²) in [4.78, 5) is 4.56. The third-order valence-corrected chi connectivity index (χ3v) is 6.69. The first-order chi connectivity index (χ1) is 15.5. The van der Waals surface area contributed by atoms with Crippen LogP contribution in [0, 0.1) is 10.8 Å². The molecule has 1 saturated heterocycles. The maximum absolute atomic E-state index is 10.5. The number of ether oxygens (including phenoxy) is 1. The number of phenols is 1. The van der Waals surface area contributed by atoms with E-state index in [1.165, 1.54) is 19.3 Å². The van der Waals surface area contributed by atoms with Gasteiger partial charge in [-0.25, -0.2) is 0 Å². The van der Waals surface area contributed by atoms with Gasteiger partial charge < -0.3 is 25.6 Å². The Labute approximate surface area is 189 Å². The topological polar surface area (TPSA) is 108 Å². The fraction of sp³-hybridized carbons (Fsp3) is 0.417. The smallest absolute Gasteiger partial charge is 0.205 e. The number of benzene rings is 1. The van der Waals surface area contributed by atoms with E-state index in [4.69, 9.17) is 15.6 Å². The van der Waals surface area contributed by atoms with E-state index in [-0.39, 0.29) is 11.5 Å². The van der Waals surface area contributed by atoms with Crippen molar-refractivity contribution in [1.29, 1.82) is 10.8 Å². The molecule has 1 aromatic carbocycles. The number of allylic oxidation sites excluding steroid dienone is 3. The fourth-order valence-corrected chi connectivity index (χ4v) is 4.36. The monoisotopic (exact) mass is 436 g/mol. The Bertz CT molecular complexity index is 979. The second kappa shape index (κ2) is 9.48. The van der Waals surface area contributed by atoms with E-state index in [0.29, 0.717) is 29.4 Å². The number of methoxy groups -OCH3 is 1. The largest absolute Gasteiger partial charge is 0.507 e. The maximum atomic E-state index is 10.5. The summed E-state index contributed by atoms with van der Waals surface area (Å²) in [5.41, 5.74) is 8.02. The van der Waals surface area contributed by atoms with E-state index in [2.05, 4.69) is 27.7 Å².